The summed E-state index contributed by atoms with van der Waals surface area (Å²) >= 11 is 0. The number of hydrogen-bond donors (Lipinski definition) is 3. The van der Waals surface area contributed by atoms with Crippen molar-refractivity contribution in [3.8, 4) is 0 Å². The van der Waals surface area contributed by atoms with Crippen molar-refractivity contribution >= 4 is 36.0 Å². The number of alkyl carbamates (subject to hydrolysis) is 1. The molecule has 0 heterocycles. The van der Waals surface area contributed by atoms with E-state index in [-0.39, 0.29) is 36.1 Å². The Morgan fingerprint density at radius 1 is 1.07 bits per heavy atom. The number of guanidine groups is 1. The Labute approximate surface area is 188 Å². The maximum atomic E-state index is 11.9. The van der Waals surface area contributed by atoms with Crippen LogP contribution in [-0.4, -0.2) is 67.9 Å². The average molecular weight is 511 g/mol. The molecule has 166 valence electrons. The molecule has 1 fully saturated rings. The lowest BCUT2D eigenvalue weighted by Gasteiger charge is -2.31. The summed E-state index contributed by atoms with van der Waals surface area (Å²) in [6.07, 6.45) is 4.79. The molecule has 0 aromatic heterocycles. The number of ether oxygens (including phenoxy) is 1. The van der Waals surface area contributed by atoms with Crippen LogP contribution in [-0.2, 0) is 4.74 Å². The molecule has 0 spiro atoms. The molecule has 28 heavy (non-hydrogen) atoms. The highest BCUT2D eigenvalue weighted by Gasteiger charge is 2.25. The second-order valence-electron chi connectivity index (χ2n) is 8.27. The normalized spacial score (nSPS) is 20.3. The second kappa shape index (κ2) is 14.3. The van der Waals surface area contributed by atoms with E-state index in [1.165, 1.54) is 6.42 Å². The Morgan fingerprint density at radius 3 is 2.11 bits per heavy atom. The van der Waals surface area contributed by atoms with Gasteiger partial charge in [-0.1, -0.05) is 13.8 Å². The quantitative estimate of drug-likeness (QED) is 0.265. The summed E-state index contributed by atoms with van der Waals surface area (Å²) < 4.78 is 5.34. The van der Waals surface area contributed by atoms with Gasteiger partial charge in [-0.3, -0.25) is 4.99 Å². The lowest BCUT2D eigenvalue weighted by Crippen LogP contribution is -2.49. The van der Waals surface area contributed by atoms with Crippen LogP contribution >= 0.6 is 24.0 Å². The summed E-state index contributed by atoms with van der Waals surface area (Å²) in [5, 5.41) is 9.92. The van der Waals surface area contributed by atoms with E-state index in [1.807, 2.05) is 27.8 Å². The summed E-state index contributed by atoms with van der Waals surface area (Å²) in [7, 11) is 1.81. The Hall–Kier alpha value is -0.770. The predicted molar refractivity (Wildman–Crippen MR) is 128 cm³/mol. The number of amides is 1. The van der Waals surface area contributed by atoms with Crippen molar-refractivity contribution in [2.45, 2.75) is 84.4 Å². The molecule has 0 radical (unpaired) electrons. The van der Waals surface area contributed by atoms with Crippen LogP contribution in [0.2, 0.25) is 0 Å². The van der Waals surface area contributed by atoms with Gasteiger partial charge in [-0.2, -0.15) is 0 Å². The smallest absolute Gasteiger partial charge is 0.407 e. The number of nitrogens with one attached hydrogen (secondary N) is 3. The van der Waals surface area contributed by atoms with Crippen LogP contribution in [0.5, 0.6) is 0 Å². The summed E-state index contributed by atoms with van der Waals surface area (Å²) in [5.41, 5.74) is -0.453. The second-order valence-corrected chi connectivity index (χ2v) is 8.27. The van der Waals surface area contributed by atoms with Crippen molar-refractivity contribution < 1.29 is 9.53 Å². The monoisotopic (exact) mass is 511 g/mol. The minimum absolute atomic E-state index is 0. The first-order valence-electron chi connectivity index (χ1n) is 10.5. The number of halogens is 1. The fourth-order valence-corrected chi connectivity index (χ4v) is 3.32. The van der Waals surface area contributed by atoms with Crippen molar-refractivity contribution in [2.75, 3.05) is 33.2 Å². The number of rotatable bonds is 8. The highest BCUT2D eigenvalue weighted by Crippen LogP contribution is 2.19. The maximum absolute atomic E-state index is 11.9. The third-order valence-corrected chi connectivity index (χ3v) is 4.72. The molecule has 1 aliphatic rings. The molecule has 1 saturated carbocycles. The predicted octanol–water partition coefficient (Wildman–Crippen LogP) is 3.34. The standard InChI is InChI=1S/C20H41N5O2.HI/c1-7-14-25(8-2)15-13-22-18(21-6)23-16-9-11-17(12-10-16)24-19(26)27-20(3,4)5;/h16-17H,7-15H2,1-6H3,(H,24,26)(H2,21,22,23);1H. The summed E-state index contributed by atoms with van der Waals surface area (Å²) in [6, 6.07) is 0.589. The number of likely N-dealkylation sites (N-methyl/N-ethyl adjacent to an activating group) is 1. The number of nitrogens with zero attached hydrogens (tertiary/aromatic N) is 2. The molecule has 0 saturated heterocycles. The third kappa shape index (κ3) is 11.9. The molecule has 3 N–H and O–H groups in total. The molecule has 0 bridgehead atoms. The first kappa shape index (κ1) is 27.2. The zero-order chi connectivity index (χ0) is 20.3. The number of carbonyl (C=O) groups excluding carboxylic acids is 1. The van der Waals surface area contributed by atoms with Gasteiger partial charge in [0.2, 0.25) is 0 Å². The Kier molecular flexibility index (Phi) is 13.9. The van der Waals surface area contributed by atoms with Gasteiger partial charge < -0.3 is 25.6 Å². The van der Waals surface area contributed by atoms with Gasteiger partial charge in [-0.15, -0.1) is 24.0 Å². The van der Waals surface area contributed by atoms with E-state index in [9.17, 15) is 4.79 Å². The van der Waals surface area contributed by atoms with Gasteiger partial charge in [-0.25, -0.2) is 4.79 Å². The van der Waals surface area contributed by atoms with Gasteiger partial charge in [0.15, 0.2) is 5.96 Å². The summed E-state index contributed by atoms with van der Waals surface area (Å²) in [6.45, 7) is 14.2. The zero-order valence-corrected chi connectivity index (χ0v) is 21.0. The Balaban J connectivity index is 0.00000729. The van der Waals surface area contributed by atoms with E-state index in [0.29, 0.717) is 6.04 Å². The molecule has 0 unspecified atom stereocenters. The average Bonchev–Trinajstić information content (AvgIpc) is 2.59. The van der Waals surface area contributed by atoms with E-state index in [1.54, 1.807) is 0 Å². The van der Waals surface area contributed by atoms with E-state index >= 15 is 0 Å². The van der Waals surface area contributed by atoms with E-state index in [2.05, 4.69) is 39.7 Å². The van der Waals surface area contributed by atoms with Crippen LogP contribution in [0, 0.1) is 0 Å². The zero-order valence-electron chi connectivity index (χ0n) is 18.6. The van der Waals surface area contributed by atoms with Crippen LogP contribution in [0.1, 0.15) is 66.7 Å². The number of carbonyl (C=O) groups is 1. The lowest BCUT2D eigenvalue weighted by molar-refractivity contribution is 0.0490. The van der Waals surface area contributed by atoms with Crippen molar-refractivity contribution in [2.24, 2.45) is 4.99 Å². The largest absolute Gasteiger partial charge is 0.444 e. The van der Waals surface area contributed by atoms with Gasteiger partial charge in [0.1, 0.15) is 5.60 Å². The lowest BCUT2D eigenvalue weighted by atomic mass is 9.91. The van der Waals surface area contributed by atoms with Gasteiger partial charge in [0.05, 0.1) is 0 Å². The van der Waals surface area contributed by atoms with Crippen molar-refractivity contribution in [3.05, 3.63) is 0 Å². The first-order valence-corrected chi connectivity index (χ1v) is 10.5. The van der Waals surface area contributed by atoms with Crippen LogP contribution in [0.4, 0.5) is 4.79 Å². The van der Waals surface area contributed by atoms with Gasteiger partial charge in [0.25, 0.3) is 0 Å². The van der Waals surface area contributed by atoms with Crippen LogP contribution in [0.3, 0.4) is 0 Å². The molecule has 8 heteroatoms. The fourth-order valence-electron chi connectivity index (χ4n) is 3.32. The maximum Gasteiger partial charge on any atom is 0.407 e. The Morgan fingerprint density at radius 2 is 1.64 bits per heavy atom. The molecule has 1 rings (SSSR count). The molecule has 0 aromatic rings. The SMILES string of the molecule is CCCN(CC)CCNC(=NC)NC1CCC(NC(=O)OC(C)(C)C)CC1.I. The van der Waals surface area contributed by atoms with Crippen molar-refractivity contribution in [3.63, 3.8) is 0 Å². The molecule has 0 aliphatic heterocycles. The van der Waals surface area contributed by atoms with Gasteiger partial charge >= 0.3 is 6.09 Å². The topological polar surface area (TPSA) is 78.0 Å². The fraction of sp³-hybridized carbons (Fsp3) is 0.900. The van der Waals surface area contributed by atoms with Gasteiger partial charge in [-0.05, 0) is 66.0 Å². The Bertz CT molecular complexity index is 460. The highest BCUT2D eigenvalue weighted by molar-refractivity contribution is 14.0. The molecular formula is C20H42IN5O2. The van der Waals surface area contributed by atoms with E-state index < -0.39 is 5.60 Å². The van der Waals surface area contributed by atoms with Crippen molar-refractivity contribution in [1.82, 2.24) is 20.9 Å². The molecular weight excluding hydrogens is 469 g/mol. The van der Waals surface area contributed by atoms with E-state index in [0.717, 1.165) is 57.8 Å². The minimum Gasteiger partial charge on any atom is -0.444 e. The molecule has 1 amide bonds. The van der Waals surface area contributed by atoms with Crippen LogP contribution in [0.15, 0.2) is 4.99 Å². The number of aliphatic imine (C=N–C) groups is 1. The minimum atomic E-state index is -0.453. The highest BCUT2D eigenvalue weighted by atomic mass is 127. The number of hydrogen-bond acceptors (Lipinski definition) is 4. The van der Waals surface area contributed by atoms with Gasteiger partial charge in [0, 0.05) is 32.2 Å². The molecule has 0 aromatic carbocycles. The van der Waals surface area contributed by atoms with Crippen LogP contribution in [0.25, 0.3) is 0 Å². The van der Waals surface area contributed by atoms with Crippen molar-refractivity contribution in [1.29, 1.82) is 0 Å². The summed E-state index contributed by atoms with van der Waals surface area (Å²) in [4.78, 5) is 18.7. The third-order valence-electron chi connectivity index (χ3n) is 4.72. The molecule has 0 atom stereocenters. The molecule has 1 aliphatic carbocycles. The first-order chi connectivity index (χ1) is 12.8. The van der Waals surface area contributed by atoms with Crippen LogP contribution < -0.4 is 16.0 Å². The summed E-state index contributed by atoms with van der Waals surface area (Å²) in [5.74, 6) is 0.867. The van der Waals surface area contributed by atoms with E-state index in [4.69, 9.17) is 4.74 Å². The molecule has 7 nitrogen and oxygen atoms in total.